The molecule has 1 aliphatic heterocycles. The average molecular weight is 290 g/mol. The highest BCUT2D eigenvalue weighted by Crippen LogP contribution is 2.16. The van der Waals surface area contributed by atoms with Crippen LogP contribution >= 0.6 is 0 Å². The minimum Gasteiger partial charge on any atom is -0.380 e. The van der Waals surface area contributed by atoms with Gasteiger partial charge in [0.1, 0.15) is 0 Å². The predicted octanol–water partition coefficient (Wildman–Crippen LogP) is 2.96. The van der Waals surface area contributed by atoms with Gasteiger partial charge in [-0.25, -0.2) is 0 Å². The van der Waals surface area contributed by atoms with Crippen LogP contribution in [0, 0.1) is 0 Å². The second-order valence-corrected chi connectivity index (χ2v) is 6.21. The molecule has 21 heavy (non-hydrogen) atoms. The molecule has 0 spiro atoms. The van der Waals surface area contributed by atoms with Crippen LogP contribution < -0.4 is 0 Å². The van der Waals surface area contributed by atoms with Crippen LogP contribution in [0.15, 0.2) is 24.3 Å². The van der Waals surface area contributed by atoms with Gasteiger partial charge in [0, 0.05) is 45.9 Å². The Kier molecular flexibility index (Phi) is 6.68. The van der Waals surface area contributed by atoms with Gasteiger partial charge in [-0.15, -0.1) is 0 Å². The molecule has 1 heterocycles. The fourth-order valence-corrected chi connectivity index (χ4v) is 2.78. The Morgan fingerprint density at radius 1 is 1.00 bits per heavy atom. The average Bonchev–Trinajstić information content (AvgIpc) is 2.50. The summed E-state index contributed by atoms with van der Waals surface area (Å²) in [4.78, 5) is 5.07. The zero-order valence-electron chi connectivity index (χ0n) is 13.8. The molecule has 0 unspecified atom stereocenters. The fraction of sp³-hybridized carbons (Fsp3) is 0.667. The van der Waals surface area contributed by atoms with E-state index < -0.39 is 0 Å². The summed E-state index contributed by atoms with van der Waals surface area (Å²) in [6.07, 6.45) is 0. The highest BCUT2D eigenvalue weighted by Gasteiger charge is 2.16. The van der Waals surface area contributed by atoms with Gasteiger partial charge in [0.05, 0.1) is 6.61 Å². The largest absolute Gasteiger partial charge is 0.380 e. The van der Waals surface area contributed by atoms with E-state index in [9.17, 15) is 0 Å². The van der Waals surface area contributed by atoms with Gasteiger partial charge in [-0.2, -0.15) is 0 Å². The summed E-state index contributed by atoms with van der Waals surface area (Å²) in [5.41, 5.74) is 2.86. The second kappa shape index (κ2) is 8.52. The van der Waals surface area contributed by atoms with E-state index in [0.717, 1.165) is 52.5 Å². The first kappa shape index (κ1) is 16.5. The molecule has 1 aliphatic rings. The van der Waals surface area contributed by atoms with Gasteiger partial charge in [-0.3, -0.25) is 9.80 Å². The maximum absolute atomic E-state index is 5.43. The van der Waals surface area contributed by atoms with Crippen LogP contribution in [0.4, 0.5) is 0 Å². The maximum atomic E-state index is 5.43. The summed E-state index contributed by atoms with van der Waals surface area (Å²) in [6, 6.07) is 9.13. The van der Waals surface area contributed by atoms with Crippen molar-refractivity contribution in [1.82, 2.24) is 9.80 Å². The van der Waals surface area contributed by atoms with Gasteiger partial charge in [0.15, 0.2) is 0 Å². The summed E-state index contributed by atoms with van der Waals surface area (Å²) in [6.45, 7) is 15.1. The van der Waals surface area contributed by atoms with E-state index in [-0.39, 0.29) is 0 Å². The lowest BCUT2D eigenvalue weighted by Crippen LogP contribution is -2.46. The number of nitrogens with zero attached hydrogens (tertiary/aromatic N) is 2. The molecule has 0 atom stereocenters. The van der Waals surface area contributed by atoms with Crippen molar-refractivity contribution < 1.29 is 4.74 Å². The van der Waals surface area contributed by atoms with E-state index in [0.29, 0.717) is 5.92 Å². The highest BCUT2D eigenvalue weighted by molar-refractivity contribution is 5.24. The van der Waals surface area contributed by atoms with Crippen molar-refractivity contribution in [3.8, 4) is 0 Å². The number of ether oxygens (including phenoxy) is 1. The number of piperazine rings is 1. The lowest BCUT2D eigenvalue weighted by molar-refractivity contribution is 0.0786. The van der Waals surface area contributed by atoms with E-state index >= 15 is 0 Å². The van der Waals surface area contributed by atoms with Gasteiger partial charge < -0.3 is 4.74 Å². The minimum atomic E-state index is 0.618. The zero-order chi connectivity index (χ0) is 15.1. The third-order valence-corrected chi connectivity index (χ3v) is 4.27. The zero-order valence-corrected chi connectivity index (χ0v) is 13.8. The summed E-state index contributed by atoms with van der Waals surface area (Å²) in [5.74, 6) is 0.618. The number of rotatable bonds is 7. The summed E-state index contributed by atoms with van der Waals surface area (Å²) < 4.78 is 5.43. The molecule has 3 heteroatoms. The normalized spacial score (nSPS) is 17.5. The third-order valence-electron chi connectivity index (χ3n) is 4.27. The summed E-state index contributed by atoms with van der Waals surface area (Å²) in [7, 11) is 0. The molecule has 0 saturated carbocycles. The third kappa shape index (κ3) is 5.42. The van der Waals surface area contributed by atoms with E-state index in [1.165, 1.54) is 11.1 Å². The van der Waals surface area contributed by atoms with E-state index in [4.69, 9.17) is 4.74 Å². The molecule has 0 amide bonds. The van der Waals surface area contributed by atoms with Crippen molar-refractivity contribution in [1.29, 1.82) is 0 Å². The van der Waals surface area contributed by atoms with Crippen LogP contribution in [0.3, 0.4) is 0 Å². The van der Waals surface area contributed by atoms with Crippen LogP contribution in [0.25, 0.3) is 0 Å². The van der Waals surface area contributed by atoms with Crippen LogP contribution in [-0.2, 0) is 11.3 Å². The Labute approximate surface area is 129 Å². The summed E-state index contributed by atoms with van der Waals surface area (Å²) >= 11 is 0. The molecule has 118 valence electrons. The smallest absolute Gasteiger partial charge is 0.0593 e. The van der Waals surface area contributed by atoms with Crippen molar-refractivity contribution in [3.63, 3.8) is 0 Å². The summed E-state index contributed by atoms with van der Waals surface area (Å²) in [5, 5.41) is 0. The molecule has 1 aromatic rings. The van der Waals surface area contributed by atoms with Crippen LogP contribution in [0.1, 0.15) is 37.8 Å². The van der Waals surface area contributed by atoms with Crippen LogP contribution in [0.5, 0.6) is 0 Å². The van der Waals surface area contributed by atoms with Gasteiger partial charge in [-0.1, -0.05) is 38.1 Å². The monoisotopic (exact) mass is 290 g/mol. The molecular formula is C18H30N2O. The topological polar surface area (TPSA) is 15.7 Å². The number of benzene rings is 1. The van der Waals surface area contributed by atoms with Gasteiger partial charge in [0.2, 0.25) is 0 Å². The fourth-order valence-electron chi connectivity index (χ4n) is 2.78. The molecule has 1 aromatic carbocycles. The van der Waals surface area contributed by atoms with Gasteiger partial charge >= 0.3 is 0 Å². The standard InChI is InChI=1S/C18H30N2O/c1-4-21-14-13-19-9-11-20(12-10-19)15-17-5-7-18(8-6-17)16(2)3/h5-8,16H,4,9-15H2,1-3H3. The molecule has 1 saturated heterocycles. The van der Waals surface area contributed by atoms with Crippen LogP contribution in [0.2, 0.25) is 0 Å². The van der Waals surface area contributed by atoms with Crippen molar-refractivity contribution >= 4 is 0 Å². The Hall–Kier alpha value is -0.900. The maximum Gasteiger partial charge on any atom is 0.0593 e. The van der Waals surface area contributed by atoms with Gasteiger partial charge in [0.25, 0.3) is 0 Å². The molecule has 2 rings (SSSR count). The first-order valence-electron chi connectivity index (χ1n) is 8.30. The molecule has 0 N–H and O–H groups in total. The Bertz CT molecular complexity index is 394. The quantitative estimate of drug-likeness (QED) is 0.718. The Morgan fingerprint density at radius 3 is 2.19 bits per heavy atom. The minimum absolute atomic E-state index is 0.618. The number of hydrogen-bond acceptors (Lipinski definition) is 3. The van der Waals surface area contributed by atoms with Crippen molar-refractivity contribution in [2.75, 3.05) is 45.9 Å². The van der Waals surface area contributed by atoms with Crippen LogP contribution in [-0.4, -0.2) is 55.7 Å². The van der Waals surface area contributed by atoms with Crippen molar-refractivity contribution in [2.24, 2.45) is 0 Å². The molecule has 0 radical (unpaired) electrons. The molecule has 1 fully saturated rings. The van der Waals surface area contributed by atoms with Gasteiger partial charge in [-0.05, 0) is 24.0 Å². The van der Waals surface area contributed by atoms with Crippen molar-refractivity contribution in [3.05, 3.63) is 35.4 Å². The predicted molar refractivity (Wildman–Crippen MR) is 88.7 cm³/mol. The van der Waals surface area contributed by atoms with Crippen molar-refractivity contribution in [2.45, 2.75) is 33.2 Å². The molecule has 0 aliphatic carbocycles. The lowest BCUT2D eigenvalue weighted by atomic mass is 10.0. The van der Waals surface area contributed by atoms with E-state index in [1.54, 1.807) is 0 Å². The van der Waals surface area contributed by atoms with E-state index in [2.05, 4.69) is 54.8 Å². The highest BCUT2D eigenvalue weighted by atomic mass is 16.5. The second-order valence-electron chi connectivity index (χ2n) is 6.21. The first-order chi connectivity index (χ1) is 10.2. The molecule has 0 aromatic heterocycles. The Balaban J connectivity index is 1.73. The first-order valence-corrected chi connectivity index (χ1v) is 8.30. The molecular weight excluding hydrogens is 260 g/mol. The molecule has 0 bridgehead atoms. The molecule has 3 nitrogen and oxygen atoms in total. The van der Waals surface area contributed by atoms with E-state index in [1.807, 2.05) is 0 Å². The SMILES string of the molecule is CCOCCN1CCN(Cc2ccc(C(C)C)cc2)CC1. The lowest BCUT2D eigenvalue weighted by Gasteiger charge is -2.34. The Morgan fingerprint density at radius 2 is 1.62 bits per heavy atom. The number of hydrogen-bond donors (Lipinski definition) is 0.